The monoisotopic (exact) mass is 324 g/mol. The Hall–Kier alpha value is -0.830. The third kappa shape index (κ3) is 4.34. The minimum absolute atomic E-state index is 0.0000161. The predicted molar refractivity (Wildman–Crippen MR) is 80.8 cm³/mol. The van der Waals surface area contributed by atoms with Gasteiger partial charge in [-0.3, -0.25) is 0 Å². The van der Waals surface area contributed by atoms with Gasteiger partial charge in [0.1, 0.15) is 6.10 Å². The molecule has 19 heavy (non-hydrogen) atoms. The summed E-state index contributed by atoms with van der Waals surface area (Å²) in [4.78, 5) is 12.2. The molecule has 0 fully saturated rings. The normalized spacial score (nSPS) is 21.7. The zero-order valence-corrected chi connectivity index (χ0v) is 12.8. The van der Waals surface area contributed by atoms with Crippen molar-refractivity contribution in [1.82, 2.24) is 0 Å². The maximum absolute atomic E-state index is 12.2. The Morgan fingerprint density at radius 1 is 1.11 bits per heavy atom. The number of carbonyl (C=O) groups excluding carboxylic acids is 1. The summed E-state index contributed by atoms with van der Waals surface area (Å²) in [5.41, 5.74) is 1.87. The molecule has 0 aromatic heterocycles. The summed E-state index contributed by atoms with van der Waals surface area (Å²) in [7, 11) is 0. The molecule has 3 heteroatoms. The fourth-order valence-corrected chi connectivity index (χ4v) is 2.99. The van der Waals surface area contributed by atoms with Crippen molar-refractivity contribution in [2.75, 3.05) is 5.33 Å². The van der Waals surface area contributed by atoms with Crippen LogP contribution >= 0.6 is 15.9 Å². The highest BCUT2D eigenvalue weighted by Gasteiger charge is 2.18. The van der Waals surface area contributed by atoms with Gasteiger partial charge in [-0.15, -0.1) is 0 Å². The van der Waals surface area contributed by atoms with E-state index in [0.717, 1.165) is 42.1 Å². The quantitative estimate of drug-likeness (QED) is 0.561. The number of esters is 1. The smallest absolute Gasteiger partial charge is 0.338 e. The predicted octanol–water partition coefficient (Wildman–Crippen LogP) is 4.50. The fraction of sp³-hybridized carbons (Fsp3) is 0.562. The number of alkyl halides is 1. The zero-order chi connectivity index (χ0) is 13.5. The van der Waals surface area contributed by atoms with E-state index in [-0.39, 0.29) is 12.1 Å². The first-order valence-corrected chi connectivity index (χ1v) is 8.28. The molecule has 1 unspecified atom stereocenters. The van der Waals surface area contributed by atoms with Crippen molar-refractivity contribution in [2.45, 2.75) is 51.0 Å². The summed E-state index contributed by atoms with van der Waals surface area (Å²) in [5.74, 6) is -0.166. The average Bonchev–Trinajstić information content (AvgIpc) is 2.43. The van der Waals surface area contributed by atoms with Crippen LogP contribution in [0.15, 0.2) is 24.3 Å². The lowest BCUT2D eigenvalue weighted by Crippen LogP contribution is -2.21. The summed E-state index contributed by atoms with van der Waals surface area (Å²) < 4.78 is 5.61. The van der Waals surface area contributed by atoms with Crippen LogP contribution in [0.1, 0.15) is 54.4 Å². The Bertz CT molecular complexity index is 417. The lowest BCUT2D eigenvalue weighted by molar-refractivity contribution is 0.0330. The van der Waals surface area contributed by atoms with E-state index in [0.29, 0.717) is 0 Å². The van der Waals surface area contributed by atoms with Crippen LogP contribution in [0.25, 0.3) is 0 Å². The Morgan fingerprint density at radius 3 is 2.68 bits per heavy atom. The van der Waals surface area contributed by atoms with Gasteiger partial charge in [0.15, 0.2) is 0 Å². The van der Waals surface area contributed by atoms with E-state index in [1.165, 1.54) is 19.3 Å². The van der Waals surface area contributed by atoms with Gasteiger partial charge in [-0.2, -0.15) is 0 Å². The van der Waals surface area contributed by atoms with Crippen LogP contribution < -0.4 is 0 Å². The molecule has 1 atom stereocenters. The van der Waals surface area contributed by atoms with Crippen LogP contribution in [0, 0.1) is 0 Å². The lowest BCUT2D eigenvalue weighted by atomic mass is 9.99. The molecule has 1 aromatic carbocycles. The number of hydrogen-bond donors (Lipinski definition) is 0. The maximum atomic E-state index is 12.2. The highest BCUT2D eigenvalue weighted by Crippen LogP contribution is 2.19. The molecule has 0 N–H and O–H groups in total. The third-order valence-corrected chi connectivity index (χ3v) is 4.38. The summed E-state index contributed by atoms with van der Waals surface area (Å²) in [6.07, 6.45) is 8.01. The minimum atomic E-state index is -0.166. The number of halogens is 1. The van der Waals surface area contributed by atoms with Gasteiger partial charge in [0, 0.05) is 5.33 Å². The summed E-state index contributed by atoms with van der Waals surface area (Å²) in [5, 5.41) is 0.723. The molecule has 0 spiro atoms. The van der Waals surface area contributed by atoms with Crippen molar-refractivity contribution >= 4 is 21.9 Å². The summed E-state index contributed by atoms with van der Waals surface area (Å²) >= 11 is 3.44. The Labute approximate surface area is 123 Å². The maximum Gasteiger partial charge on any atom is 0.338 e. The number of ether oxygens (including phenoxy) is 1. The molecule has 0 radical (unpaired) electrons. The van der Waals surface area contributed by atoms with Gasteiger partial charge in [0.2, 0.25) is 0 Å². The minimum Gasteiger partial charge on any atom is -0.458 e. The SMILES string of the molecule is O=C1OC(CBr)CCCCCCCc2ccccc21. The van der Waals surface area contributed by atoms with Crippen molar-refractivity contribution in [2.24, 2.45) is 0 Å². The van der Waals surface area contributed by atoms with E-state index in [4.69, 9.17) is 4.74 Å². The van der Waals surface area contributed by atoms with E-state index in [1.807, 2.05) is 24.3 Å². The van der Waals surface area contributed by atoms with E-state index < -0.39 is 0 Å². The van der Waals surface area contributed by atoms with Crippen molar-refractivity contribution in [3.63, 3.8) is 0 Å². The van der Waals surface area contributed by atoms with Gasteiger partial charge in [0.25, 0.3) is 0 Å². The average molecular weight is 325 g/mol. The molecule has 2 nitrogen and oxygen atoms in total. The van der Waals surface area contributed by atoms with Gasteiger partial charge in [-0.05, 0) is 37.3 Å². The second-order valence-corrected chi connectivity index (χ2v) is 5.79. The van der Waals surface area contributed by atoms with Crippen LogP contribution in [-0.4, -0.2) is 17.4 Å². The first-order chi connectivity index (χ1) is 9.31. The molecule has 1 aliphatic rings. The standard InChI is InChI=1S/C16H21BrO2/c17-12-14-10-5-3-1-2-4-8-13-9-6-7-11-15(13)16(18)19-14/h6-7,9,11,14H,1-5,8,10,12H2. The van der Waals surface area contributed by atoms with Gasteiger partial charge in [-0.25, -0.2) is 4.79 Å². The zero-order valence-electron chi connectivity index (χ0n) is 11.2. The molecule has 1 aromatic rings. The molecule has 0 saturated heterocycles. The van der Waals surface area contributed by atoms with Gasteiger partial charge in [-0.1, -0.05) is 53.4 Å². The van der Waals surface area contributed by atoms with Gasteiger partial charge in [0.05, 0.1) is 5.56 Å². The number of fused-ring (bicyclic) bond motifs is 1. The van der Waals surface area contributed by atoms with Crippen molar-refractivity contribution in [3.05, 3.63) is 35.4 Å². The Kier molecular flexibility index (Phi) is 5.90. The number of aryl methyl sites for hydroxylation is 1. The Balaban J connectivity index is 2.17. The number of carbonyl (C=O) groups is 1. The highest BCUT2D eigenvalue weighted by molar-refractivity contribution is 9.09. The third-order valence-electron chi connectivity index (χ3n) is 3.66. The fourth-order valence-electron chi connectivity index (χ4n) is 2.54. The first-order valence-electron chi connectivity index (χ1n) is 7.16. The first kappa shape index (κ1) is 14.6. The van der Waals surface area contributed by atoms with E-state index in [9.17, 15) is 4.79 Å². The Morgan fingerprint density at radius 2 is 1.84 bits per heavy atom. The molecule has 2 rings (SSSR count). The second-order valence-electron chi connectivity index (χ2n) is 5.15. The second kappa shape index (κ2) is 7.68. The molecule has 0 bridgehead atoms. The van der Waals surface area contributed by atoms with Crippen molar-refractivity contribution in [3.8, 4) is 0 Å². The molecular formula is C16H21BrO2. The van der Waals surface area contributed by atoms with Crippen molar-refractivity contribution < 1.29 is 9.53 Å². The van der Waals surface area contributed by atoms with Crippen LogP contribution in [0.3, 0.4) is 0 Å². The molecule has 0 aliphatic carbocycles. The van der Waals surface area contributed by atoms with Crippen LogP contribution in [0.2, 0.25) is 0 Å². The largest absolute Gasteiger partial charge is 0.458 e. The van der Waals surface area contributed by atoms with Crippen LogP contribution in [-0.2, 0) is 11.2 Å². The van der Waals surface area contributed by atoms with Gasteiger partial charge >= 0.3 is 5.97 Å². The molecular weight excluding hydrogens is 304 g/mol. The van der Waals surface area contributed by atoms with E-state index in [2.05, 4.69) is 15.9 Å². The van der Waals surface area contributed by atoms with Crippen LogP contribution in [0.5, 0.6) is 0 Å². The van der Waals surface area contributed by atoms with Gasteiger partial charge < -0.3 is 4.74 Å². The number of benzene rings is 1. The summed E-state index contributed by atoms with van der Waals surface area (Å²) in [6.45, 7) is 0. The summed E-state index contributed by atoms with van der Waals surface area (Å²) in [6, 6.07) is 7.84. The number of rotatable bonds is 1. The lowest BCUT2D eigenvalue weighted by Gasteiger charge is -2.18. The van der Waals surface area contributed by atoms with Crippen LogP contribution in [0.4, 0.5) is 0 Å². The topological polar surface area (TPSA) is 26.3 Å². The molecule has 104 valence electrons. The molecule has 0 saturated carbocycles. The van der Waals surface area contributed by atoms with E-state index in [1.54, 1.807) is 0 Å². The number of hydrogen-bond acceptors (Lipinski definition) is 2. The number of cyclic esters (lactones) is 1. The molecule has 1 heterocycles. The van der Waals surface area contributed by atoms with E-state index >= 15 is 0 Å². The molecule has 0 amide bonds. The van der Waals surface area contributed by atoms with Crippen molar-refractivity contribution in [1.29, 1.82) is 0 Å². The molecule has 1 aliphatic heterocycles. The highest BCUT2D eigenvalue weighted by atomic mass is 79.9.